The Balaban J connectivity index is 2.12. The molecular weight excluding hydrogens is 264 g/mol. The van der Waals surface area contributed by atoms with E-state index >= 15 is 0 Å². The fraction of sp³-hybridized carbons (Fsp3) is 0.462. The van der Waals surface area contributed by atoms with Crippen LogP contribution in [0.25, 0.3) is 0 Å². The van der Waals surface area contributed by atoms with Gasteiger partial charge in [-0.1, -0.05) is 12.1 Å². The van der Waals surface area contributed by atoms with Gasteiger partial charge in [0.15, 0.2) is 0 Å². The van der Waals surface area contributed by atoms with E-state index in [1.807, 2.05) is 30.5 Å². The van der Waals surface area contributed by atoms with Gasteiger partial charge in [-0.15, -0.1) is 23.5 Å². The molecule has 1 aliphatic heterocycles. The number of hydrogen-bond donors (Lipinski definition) is 2. The molecule has 1 aliphatic rings. The summed E-state index contributed by atoms with van der Waals surface area (Å²) < 4.78 is -0.0572. The van der Waals surface area contributed by atoms with E-state index in [-0.39, 0.29) is 16.7 Å². The van der Waals surface area contributed by atoms with Crippen LogP contribution in [-0.2, 0) is 4.79 Å². The lowest BCUT2D eigenvalue weighted by molar-refractivity contribution is -0.118. The summed E-state index contributed by atoms with van der Waals surface area (Å²) in [6.45, 7) is 4.20. The standard InChI is InChI=1S/C13H18N2OS2/c1-13(2)11(14-8-18-13)12(16)15-9-6-4-5-7-10(9)17-3/h4-7,11,14H,8H2,1-3H3,(H,15,16). The topological polar surface area (TPSA) is 41.1 Å². The molecule has 0 bridgehead atoms. The van der Waals surface area contributed by atoms with E-state index in [2.05, 4.69) is 24.5 Å². The third kappa shape index (κ3) is 2.84. The molecule has 1 unspecified atom stereocenters. The zero-order valence-corrected chi connectivity index (χ0v) is 12.5. The Morgan fingerprint density at radius 3 is 2.83 bits per heavy atom. The number of hydrogen-bond acceptors (Lipinski definition) is 4. The van der Waals surface area contributed by atoms with E-state index in [9.17, 15) is 4.79 Å². The molecule has 1 heterocycles. The highest BCUT2D eigenvalue weighted by Crippen LogP contribution is 2.34. The van der Waals surface area contributed by atoms with Crippen LogP contribution in [0.3, 0.4) is 0 Å². The Labute approximate surface area is 116 Å². The van der Waals surface area contributed by atoms with Gasteiger partial charge >= 0.3 is 0 Å². The van der Waals surface area contributed by atoms with Crippen molar-refractivity contribution in [2.75, 3.05) is 17.4 Å². The average Bonchev–Trinajstić information content (AvgIpc) is 2.69. The van der Waals surface area contributed by atoms with Gasteiger partial charge < -0.3 is 5.32 Å². The van der Waals surface area contributed by atoms with Crippen molar-refractivity contribution in [1.82, 2.24) is 5.32 Å². The predicted molar refractivity (Wildman–Crippen MR) is 80.3 cm³/mol. The quantitative estimate of drug-likeness (QED) is 0.837. The van der Waals surface area contributed by atoms with Crippen LogP contribution in [0.1, 0.15) is 13.8 Å². The molecular formula is C13H18N2OS2. The molecule has 0 aromatic heterocycles. The second-order valence-electron chi connectivity index (χ2n) is 4.72. The summed E-state index contributed by atoms with van der Waals surface area (Å²) in [5.41, 5.74) is 0.893. The Morgan fingerprint density at radius 2 is 2.22 bits per heavy atom. The SMILES string of the molecule is CSc1ccccc1NC(=O)C1NCSC1(C)C. The van der Waals surface area contributed by atoms with Gasteiger partial charge in [0, 0.05) is 15.5 Å². The van der Waals surface area contributed by atoms with Crippen molar-refractivity contribution in [2.45, 2.75) is 29.5 Å². The number of carbonyl (C=O) groups excluding carboxylic acids is 1. The van der Waals surface area contributed by atoms with Crippen molar-refractivity contribution in [3.05, 3.63) is 24.3 Å². The molecule has 1 fully saturated rings. The maximum absolute atomic E-state index is 12.3. The first-order chi connectivity index (χ1) is 8.54. The van der Waals surface area contributed by atoms with Gasteiger partial charge in [-0.05, 0) is 32.2 Å². The molecule has 3 nitrogen and oxygen atoms in total. The van der Waals surface area contributed by atoms with Gasteiger partial charge in [-0.25, -0.2) is 0 Å². The van der Waals surface area contributed by atoms with Crippen molar-refractivity contribution in [3.8, 4) is 0 Å². The number of carbonyl (C=O) groups is 1. The molecule has 1 atom stereocenters. The molecule has 1 aromatic rings. The zero-order chi connectivity index (χ0) is 13.2. The smallest absolute Gasteiger partial charge is 0.242 e. The number of amides is 1. The molecule has 98 valence electrons. The molecule has 0 aliphatic carbocycles. The van der Waals surface area contributed by atoms with Gasteiger partial charge in [0.2, 0.25) is 5.91 Å². The minimum atomic E-state index is -0.141. The second kappa shape index (κ2) is 5.55. The minimum Gasteiger partial charge on any atom is -0.324 e. The first kappa shape index (κ1) is 13.8. The summed E-state index contributed by atoms with van der Waals surface area (Å²) in [5, 5.41) is 6.27. The third-order valence-corrected chi connectivity index (χ3v) is 5.14. The highest BCUT2D eigenvalue weighted by atomic mass is 32.2. The lowest BCUT2D eigenvalue weighted by Crippen LogP contribution is -2.46. The van der Waals surface area contributed by atoms with E-state index < -0.39 is 0 Å². The third-order valence-electron chi connectivity index (χ3n) is 3.05. The fourth-order valence-corrected chi connectivity index (χ4v) is 3.53. The summed E-state index contributed by atoms with van der Waals surface area (Å²) in [6, 6.07) is 7.74. The molecule has 1 saturated heterocycles. The normalized spacial score (nSPS) is 21.8. The fourth-order valence-electron chi connectivity index (χ4n) is 2.00. The largest absolute Gasteiger partial charge is 0.324 e. The van der Waals surface area contributed by atoms with E-state index in [4.69, 9.17) is 0 Å². The Hall–Kier alpha value is -0.650. The Kier molecular flexibility index (Phi) is 4.25. The highest BCUT2D eigenvalue weighted by molar-refractivity contribution is 8.00. The molecule has 0 spiro atoms. The van der Waals surface area contributed by atoms with Crippen molar-refractivity contribution in [2.24, 2.45) is 0 Å². The molecule has 18 heavy (non-hydrogen) atoms. The maximum Gasteiger partial charge on any atom is 0.242 e. The number of para-hydroxylation sites is 1. The summed E-state index contributed by atoms with van der Waals surface area (Å²) in [7, 11) is 0. The Bertz CT molecular complexity index is 448. The van der Waals surface area contributed by atoms with E-state index in [1.165, 1.54) is 0 Å². The van der Waals surface area contributed by atoms with Crippen LogP contribution in [0.4, 0.5) is 5.69 Å². The van der Waals surface area contributed by atoms with Gasteiger partial charge in [0.1, 0.15) is 6.04 Å². The van der Waals surface area contributed by atoms with E-state index in [1.54, 1.807) is 23.5 Å². The van der Waals surface area contributed by atoms with Crippen LogP contribution < -0.4 is 10.6 Å². The molecule has 5 heteroatoms. The van der Waals surface area contributed by atoms with E-state index in [0.29, 0.717) is 0 Å². The first-order valence-electron chi connectivity index (χ1n) is 5.86. The summed E-state index contributed by atoms with van der Waals surface area (Å²) in [6.07, 6.45) is 2.01. The van der Waals surface area contributed by atoms with Crippen molar-refractivity contribution in [3.63, 3.8) is 0 Å². The van der Waals surface area contributed by atoms with Crippen LogP contribution in [0.15, 0.2) is 29.2 Å². The van der Waals surface area contributed by atoms with E-state index in [0.717, 1.165) is 16.5 Å². The zero-order valence-electron chi connectivity index (χ0n) is 10.8. The molecule has 1 amide bonds. The maximum atomic E-state index is 12.3. The van der Waals surface area contributed by atoms with Gasteiger partial charge in [-0.2, -0.15) is 0 Å². The van der Waals surface area contributed by atoms with Crippen LogP contribution in [0.5, 0.6) is 0 Å². The van der Waals surface area contributed by atoms with Crippen LogP contribution >= 0.6 is 23.5 Å². The van der Waals surface area contributed by atoms with Crippen molar-refractivity contribution >= 4 is 35.1 Å². The number of nitrogens with one attached hydrogen (secondary N) is 2. The Morgan fingerprint density at radius 1 is 1.50 bits per heavy atom. The monoisotopic (exact) mass is 282 g/mol. The summed E-state index contributed by atoms with van der Waals surface area (Å²) in [4.78, 5) is 13.4. The van der Waals surface area contributed by atoms with Gasteiger partial charge in [-0.3, -0.25) is 10.1 Å². The number of thioether (sulfide) groups is 2. The number of anilines is 1. The lowest BCUT2D eigenvalue weighted by atomic mass is 10.0. The minimum absolute atomic E-state index is 0.0477. The molecule has 0 saturated carbocycles. The molecule has 0 radical (unpaired) electrons. The molecule has 1 aromatic carbocycles. The second-order valence-corrected chi connectivity index (χ2v) is 7.20. The summed E-state index contributed by atoms with van der Waals surface area (Å²) in [5.74, 6) is 0.876. The van der Waals surface area contributed by atoms with Crippen LogP contribution in [-0.4, -0.2) is 28.8 Å². The predicted octanol–water partition coefficient (Wildman–Crippen LogP) is 2.79. The van der Waals surface area contributed by atoms with Gasteiger partial charge in [0.05, 0.1) is 5.69 Å². The highest BCUT2D eigenvalue weighted by Gasteiger charge is 2.40. The molecule has 2 N–H and O–H groups in total. The molecule has 2 rings (SSSR count). The first-order valence-corrected chi connectivity index (χ1v) is 8.07. The van der Waals surface area contributed by atoms with Crippen molar-refractivity contribution < 1.29 is 4.79 Å². The van der Waals surface area contributed by atoms with Crippen molar-refractivity contribution in [1.29, 1.82) is 0 Å². The van der Waals surface area contributed by atoms with Crippen LogP contribution in [0, 0.1) is 0 Å². The average molecular weight is 282 g/mol. The lowest BCUT2D eigenvalue weighted by Gasteiger charge is -2.24. The van der Waals surface area contributed by atoms with Gasteiger partial charge in [0.25, 0.3) is 0 Å². The number of benzene rings is 1. The van der Waals surface area contributed by atoms with Crippen LogP contribution in [0.2, 0.25) is 0 Å². The summed E-state index contributed by atoms with van der Waals surface area (Å²) >= 11 is 3.42. The number of rotatable bonds is 3.